The highest BCUT2D eigenvalue weighted by Gasteiger charge is 2.35. The van der Waals surface area contributed by atoms with E-state index in [0.29, 0.717) is 23.0 Å². The van der Waals surface area contributed by atoms with E-state index >= 15 is 0 Å². The van der Waals surface area contributed by atoms with Gasteiger partial charge < -0.3 is 24.1 Å². The van der Waals surface area contributed by atoms with Crippen LogP contribution in [0.15, 0.2) is 46.9 Å². The Morgan fingerprint density at radius 2 is 1.83 bits per heavy atom. The fraction of sp³-hybridized carbons (Fsp3) is 0.375. The van der Waals surface area contributed by atoms with Gasteiger partial charge in [-0.15, -0.1) is 0 Å². The number of hydrogen-bond donors (Lipinski definition) is 1. The maximum Gasteiger partial charge on any atom is 0.231 e. The molecule has 1 amide bonds. The van der Waals surface area contributed by atoms with Crippen molar-refractivity contribution in [2.45, 2.75) is 25.3 Å². The first-order chi connectivity index (χ1) is 14.7. The highest BCUT2D eigenvalue weighted by Crippen LogP contribution is 2.42. The largest absolute Gasteiger partial charge is 0.456 e. The predicted octanol–water partition coefficient (Wildman–Crippen LogP) is 3.58. The topological polar surface area (TPSA) is 63.9 Å². The molecule has 6 heteroatoms. The molecule has 1 N–H and O–H groups in total. The molecule has 0 radical (unpaired) electrons. The van der Waals surface area contributed by atoms with Crippen LogP contribution in [0.2, 0.25) is 0 Å². The maximum absolute atomic E-state index is 13.1. The minimum atomic E-state index is 0.0475. The third-order valence-corrected chi connectivity index (χ3v) is 6.66. The van der Waals surface area contributed by atoms with Crippen LogP contribution >= 0.6 is 0 Å². The summed E-state index contributed by atoms with van der Waals surface area (Å²) >= 11 is 0. The smallest absolute Gasteiger partial charge is 0.231 e. The van der Waals surface area contributed by atoms with Crippen molar-refractivity contribution in [3.63, 3.8) is 0 Å². The second-order valence-electron chi connectivity index (χ2n) is 8.47. The summed E-state index contributed by atoms with van der Waals surface area (Å²) in [6, 6.07) is 14.0. The number of carbonyl (C=O) groups excluding carboxylic acids is 1. The summed E-state index contributed by atoms with van der Waals surface area (Å²) in [5.74, 6) is 2.76. The van der Waals surface area contributed by atoms with E-state index in [-0.39, 0.29) is 25.2 Å². The zero-order valence-corrected chi connectivity index (χ0v) is 16.7. The number of benzene rings is 2. The summed E-state index contributed by atoms with van der Waals surface area (Å²) in [5.41, 5.74) is 2.57. The van der Waals surface area contributed by atoms with E-state index in [4.69, 9.17) is 13.9 Å². The zero-order chi connectivity index (χ0) is 20.1. The Balaban J connectivity index is 1.34. The van der Waals surface area contributed by atoms with E-state index in [0.717, 1.165) is 41.9 Å². The standard InChI is InChI=1S/C24H24N2O4/c27-23(25-19-13-26-8-6-15(19)7-9-26)11-18-17-10-21-22(29-14-28-21)12-20(17)30-24(18)16-4-2-1-3-5-16/h1-5,10,12,15,19H,6-9,11,13-14H2,(H,25,27). The van der Waals surface area contributed by atoms with Crippen molar-refractivity contribution < 1.29 is 18.7 Å². The van der Waals surface area contributed by atoms with E-state index in [1.165, 1.54) is 12.8 Å². The van der Waals surface area contributed by atoms with Crippen LogP contribution in [0.4, 0.5) is 0 Å². The second-order valence-corrected chi connectivity index (χ2v) is 8.47. The van der Waals surface area contributed by atoms with Crippen molar-refractivity contribution in [3.05, 3.63) is 48.0 Å². The molecular weight excluding hydrogens is 380 g/mol. The van der Waals surface area contributed by atoms with Gasteiger partial charge in [-0.3, -0.25) is 4.79 Å². The second kappa shape index (κ2) is 7.06. The summed E-state index contributed by atoms with van der Waals surface area (Å²) in [4.78, 5) is 15.5. The van der Waals surface area contributed by atoms with Crippen LogP contribution in [-0.4, -0.2) is 43.3 Å². The molecule has 7 rings (SSSR count). The Morgan fingerprint density at radius 3 is 2.57 bits per heavy atom. The van der Waals surface area contributed by atoms with Gasteiger partial charge in [0.2, 0.25) is 12.7 Å². The summed E-state index contributed by atoms with van der Waals surface area (Å²) in [6.45, 7) is 3.50. The van der Waals surface area contributed by atoms with Crippen molar-refractivity contribution in [2.75, 3.05) is 26.4 Å². The number of furan rings is 1. The zero-order valence-electron chi connectivity index (χ0n) is 16.7. The minimum Gasteiger partial charge on any atom is -0.456 e. The molecule has 0 saturated carbocycles. The normalized spacial score (nSPS) is 24.3. The number of piperidine rings is 3. The summed E-state index contributed by atoms with van der Waals surface area (Å²) in [6.07, 6.45) is 2.64. The predicted molar refractivity (Wildman–Crippen MR) is 113 cm³/mol. The minimum absolute atomic E-state index is 0.0475. The number of rotatable bonds is 4. The van der Waals surface area contributed by atoms with Crippen molar-refractivity contribution in [1.29, 1.82) is 0 Å². The molecule has 4 aliphatic heterocycles. The van der Waals surface area contributed by atoms with Gasteiger partial charge in [0.25, 0.3) is 0 Å². The molecule has 2 aromatic carbocycles. The fourth-order valence-corrected chi connectivity index (χ4v) is 5.08. The molecule has 5 heterocycles. The van der Waals surface area contributed by atoms with Gasteiger partial charge in [-0.2, -0.15) is 0 Å². The molecule has 1 atom stereocenters. The van der Waals surface area contributed by atoms with Crippen LogP contribution in [0.25, 0.3) is 22.3 Å². The van der Waals surface area contributed by atoms with Crippen molar-refractivity contribution in [3.8, 4) is 22.8 Å². The monoisotopic (exact) mass is 404 g/mol. The molecule has 0 aliphatic carbocycles. The van der Waals surface area contributed by atoms with E-state index < -0.39 is 0 Å². The molecule has 30 heavy (non-hydrogen) atoms. The number of ether oxygens (including phenoxy) is 2. The van der Waals surface area contributed by atoms with E-state index in [2.05, 4.69) is 10.2 Å². The van der Waals surface area contributed by atoms with Gasteiger partial charge in [0.1, 0.15) is 11.3 Å². The van der Waals surface area contributed by atoms with Gasteiger partial charge in [0.05, 0.1) is 6.42 Å². The van der Waals surface area contributed by atoms with Crippen LogP contribution in [0.5, 0.6) is 11.5 Å². The molecule has 3 fully saturated rings. The van der Waals surface area contributed by atoms with E-state index in [1.807, 2.05) is 42.5 Å². The van der Waals surface area contributed by atoms with Crippen LogP contribution in [0.3, 0.4) is 0 Å². The third-order valence-electron chi connectivity index (χ3n) is 6.66. The molecule has 0 spiro atoms. The Bertz CT molecular complexity index is 1100. The average Bonchev–Trinajstić information content (AvgIpc) is 3.38. The summed E-state index contributed by atoms with van der Waals surface area (Å²) in [7, 11) is 0. The van der Waals surface area contributed by atoms with Crippen LogP contribution in [-0.2, 0) is 11.2 Å². The Morgan fingerprint density at radius 1 is 1.07 bits per heavy atom. The molecule has 3 aromatic rings. The molecular formula is C24H24N2O4. The van der Waals surface area contributed by atoms with Crippen molar-refractivity contribution >= 4 is 16.9 Å². The fourth-order valence-electron chi connectivity index (χ4n) is 5.08. The highest BCUT2D eigenvalue weighted by atomic mass is 16.7. The lowest BCUT2D eigenvalue weighted by Gasteiger charge is -2.44. The number of nitrogens with one attached hydrogen (secondary N) is 1. The molecule has 6 nitrogen and oxygen atoms in total. The molecule has 4 aliphatic rings. The molecule has 1 unspecified atom stereocenters. The van der Waals surface area contributed by atoms with E-state index in [9.17, 15) is 4.79 Å². The van der Waals surface area contributed by atoms with Gasteiger partial charge in [0, 0.05) is 35.2 Å². The number of hydrogen-bond acceptors (Lipinski definition) is 5. The Labute approximate surface area is 174 Å². The van der Waals surface area contributed by atoms with Gasteiger partial charge in [-0.1, -0.05) is 30.3 Å². The van der Waals surface area contributed by atoms with Gasteiger partial charge in [-0.05, 0) is 37.9 Å². The molecule has 1 aromatic heterocycles. The van der Waals surface area contributed by atoms with Crippen molar-refractivity contribution in [2.24, 2.45) is 5.92 Å². The average molecular weight is 404 g/mol. The first-order valence-electron chi connectivity index (χ1n) is 10.7. The van der Waals surface area contributed by atoms with Crippen LogP contribution in [0, 0.1) is 5.92 Å². The molecule has 154 valence electrons. The maximum atomic E-state index is 13.1. The summed E-state index contributed by atoms with van der Waals surface area (Å²) in [5, 5.41) is 4.21. The molecule has 2 bridgehead atoms. The Kier molecular flexibility index (Phi) is 4.20. The summed E-state index contributed by atoms with van der Waals surface area (Å²) < 4.78 is 17.3. The third kappa shape index (κ3) is 3.03. The molecule has 3 saturated heterocycles. The number of fused-ring (bicyclic) bond motifs is 5. The first-order valence-corrected chi connectivity index (χ1v) is 10.7. The lowest BCUT2D eigenvalue weighted by Crippen LogP contribution is -2.57. The SMILES string of the molecule is O=C(Cc1c(-c2ccccc2)oc2cc3c(cc12)OCO3)NC1CN2CCC1CC2. The van der Waals surface area contributed by atoms with Gasteiger partial charge >= 0.3 is 0 Å². The van der Waals surface area contributed by atoms with Gasteiger partial charge in [-0.25, -0.2) is 0 Å². The lowest BCUT2D eigenvalue weighted by atomic mass is 9.84. The van der Waals surface area contributed by atoms with Crippen LogP contribution < -0.4 is 14.8 Å². The van der Waals surface area contributed by atoms with Crippen LogP contribution in [0.1, 0.15) is 18.4 Å². The number of carbonyl (C=O) groups is 1. The Hall–Kier alpha value is -2.99. The first kappa shape index (κ1) is 17.8. The van der Waals surface area contributed by atoms with Crippen molar-refractivity contribution in [1.82, 2.24) is 10.2 Å². The van der Waals surface area contributed by atoms with E-state index in [1.54, 1.807) is 0 Å². The lowest BCUT2D eigenvalue weighted by molar-refractivity contribution is -0.122. The number of amides is 1. The quantitative estimate of drug-likeness (QED) is 0.720. The highest BCUT2D eigenvalue weighted by molar-refractivity contribution is 5.94. The number of nitrogens with zero attached hydrogens (tertiary/aromatic N) is 1. The van der Waals surface area contributed by atoms with Gasteiger partial charge in [0.15, 0.2) is 11.5 Å².